The molecular weight excluding hydrogens is 427 g/mol. The zero-order valence-electron chi connectivity index (χ0n) is 16.6. The molecule has 1 aromatic heterocycles. The largest absolute Gasteiger partial charge is 0.449 e. The molecule has 0 unspecified atom stereocenters. The number of fused-ring (bicyclic) bond motifs is 3. The van der Waals surface area contributed by atoms with E-state index < -0.39 is 36.2 Å². The maximum absolute atomic E-state index is 15.1. The lowest BCUT2D eigenvalue weighted by Crippen LogP contribution is -2.52. The van der Waals surface area contributed by atoms with Crippen molar-refractivity contribution in [2.24, 2.45) is 0 Å². The van der Waals surface area contributed by atoms with E-state index in [1.165, 1.54) is 4.90 Å². The van der Waals surface area contributed by atoms with Gasteiger partial charge >= 0.3 is 6.18 Å². The minimum Gasteiger partial charge on any atom is -0.449 e. The number of benzene rings is 1. The van der Waals surface area contributed by atoms with Crippen LogP contribution in [0.4, 0.5) is 27.6 Å². The predicted octanol–water partition coefficient (Wildman–Crippen LogP) is 3.83. The Kier molecular flexibility index (Phi) is 5.59. The molecule has 1 saturated heterocycles. The van der Waals surface area contributed by atoms with Gasteiger partial charge in [0.25, 0.3) is 11.8 Å². The van der Waals surface area contributed by atoms with Crippen molar-refractivity contribution in [2.75, 3.05) is 37.7 Å². The number of nitrogens with one attached hydrogen (secondary N) is 1. The Morgan fingerprint density at radius 3 is 2.58 bits per heavy atom. The molecule has 3 heterocycles. The molecule has 0 radical (unpaired) electrons. The number of anilines is 1. The van der Waals surface area contributed by atoms with Crippen LogP contribution in [0.5, 0.6) is 0 Å². The summed E-state index contributed by atoms with van der Waals surface area (Å²) in [5.41, 5.74) is -1.04. The fourth-order valence-electron chi connectivity index (χ4n) is 3.76. The molecule has 2 aromatic rings. The van der Waals surface area contributed by atoms with E-state index in [0.717, 1.165) is 18.2 Å². The summed E-state index contributed by atoms with van der Waals surface area (Å²) in [6.07, 6.45) is -5.76. The third-order valence-electron chi connectivity index (χ3n) is 5.47. The van der Waals surface area contributed by atoms with E-state index in [2.05, 4.69) is 5.32 Å². The van der Waals surface area contributed by atoms with E-state index in [1.54, 1.807) is 0 Å². The lowest BCUT2D eigenvalue weighted by Gasteiger charge is -2.36. The molecule has 1 amide bonds. The summed E-state index contributed by atoms with van der Waals surface area (Å²) in [6.45, 7) is 0.711. The number of hydrogen-bond acceptors (Lipinski definition) is 5. The summed E-state index contributed by atoms with van der Waals surface area (Å²) in [5, 5.41) is 2.47. The second kappa shape index (κ2) is 7.94. The fraction of sp³-hybridized carbons (Fsp3) is 0.550. The molecule has 11 heteroatoms. The maximum Gasteiger partial charge on any atom is 0.416 e. The number of furan rings is 1. The van der Waals surface area contributed by atoms with Crippen LogP contribution in [0.2, 0.25) is 0 Å². The van der Waals surface area contributed by atoms with Crippen LogP contribution in [0.25, 0.3) is 11.0 Å². The quantitative estimate of drug-likeness (QED) is 0.721. The minimum absolute atomic E-state index is 0.00593. The number of hydrogen-bond donors (Lipinski definition) is 1. The Morgan fingerprint density at radius 1 is 1.16 bits per heavy atom. The molecule has 0 saturated carbocycles. The van der Waals surface area contributed by atoms with Crippen molar-refractivity contribution in [3.8, 4) is 0 Å². The van der Waals surface area contributed by atoms with Crippen LogP contribution < -0.4 is 10.2 Å². The molecule has 4 rings (SSSR count). The number of rotatable bonds is 4. The highest BCUT2D eigenvalue weighted by atomic mass is 19.4. The Hall–Kier alpha value is -2.40. The van der Waals surface area contributed by atoms with Gasteiger partial charge in [0.1, 0.15) is 11.7 Å². The predicted molar refractivity (Wildman–Crippen MR) is 100 cm³/mol. The normalized spacial score (nSPS) is 22.9. The van der Waals surface area contributed by atoms with E-state index in [-0.39, 0.29) is 54.8 Å². The first-order valence-corrected chi connectivity index (χ1v) is 9.88. The standard InChI is InChI=1S/C20H21F5N2O4/c1-2-12-8-30-15(9-29-12)19(21,22)10-27-6-5-26-18(28)17-16(27)13-7-11(20(23,24)25)3-4-14(13)31-17/h3-4,7,12,15H,2,5-6,8-10H2,1H3,(H,26,28)/t12-,15+/m0/s1. The van der Waals surface area contributed by atoms with Gasteiger partial charge < -0.3 is 24.1 Å². The lowest BCUT2D eigenvalue weighted by molar-refractivity contribution is -0.212. The number of halogens is 5. The molecule has 1 fully saturated rings. The van der Waals surface area contributed by atoms with Crippen molar-refractivity contribution in [1.82, 2.24) is 5.32 Å². The smallest absolute Gasteiger partial charge is 0.416 e. The van der Waals surface area contributed by atoms with E-state index in [4.69, 9.17) is 13.9 Å². The monoisotopic (exact) mass is 448 g/mol. The van der Waals surface area contributed by atoms with Gasteiger partial charge in [-0.1, -0.05) is 6.92 Å². The summed E-state index contributed by atoms with van der Waals surface area (Å²) in [4.78, 5) is 13.5. The van der Waals surface area contributed by atoms with Crippen LogP contribution >= 0.6 is 0 Å². The van der Waals surface area contributed by atoms with Crippen LogP contribution in [0, 0.1) is 0 Å². The molecule has 6 nitrogen and oxygen atoms in total. The molecule has 2 atom stereocenters. The van der Waals surface area contributed by atoms with E-state index in [9.17, 15) is 18.0 Å². The molecule has 170 valence electrons. The Balaban J connectivity index is 1.69. The second-order valence-corrected chi connectivity index (χ2v) is 7.61. The molecule has 31 heavy (non-hydrogen) atoms. The van der Waals surface area contributed by atoms with Gasteiger partial charge in [-0.15, -0.1) is 0 Å². The summed E-state index contributed by atoms with van der Waals surface area (Å²) < 4.78 is 85.9. The van der Waals surface area contributed by atoms with Crippen molar-refractivity contribution < 1.29 is 40.6 Å². The number of alkyl halides is 5. The van der Waals surface area contributed by atoms with Gasteiger partial charge in [0.05, 0.1) is 37.1 Å². The molecule has 2 aliphatic rings. The van der Waals surface area contributed by atoms with E-state index in [0.29, 0.717) is 6.42 Å². The number of ether oxygens (including phenoxy) is 2. The average Bonchev–Trinajstić information content (AvgIpc) is 3.04. The van der Waals surface area contributed by atoms with Crippen LogP contribution in [-0.2, 0) is 15.7 Å². The highest BCUT2D eigenvalue weighted by molar-refractivity contribution is 6.07. The number of nitrogens with zero attached hydrogens (tertiary/aromatic N) is 1. The van der Waals surface area contributed by atoms with Crippen molar-refractivity contribution in [1.29, 1.82) is 0 Å². The van der Waals surface area contributed by atoms with Crippen LogP contribution in [0.1, 0.15) is 29.5 Å². The van der Waals surface area contributed by atoms with Crippen molar-refractivity contribution >= 4 is 22.6 Å². The van der Waals surface area contributed by atoms with Gasteiger partial charge in [0.15, 0.2) is 0 Å². The first-order valence-electron chi connectivity index (χ1n) is 9.88. The van der Waals surface area contributed by atoms with Gasteiger partial charge in [0.2, 0.25) is 5.76 Å². The fourth-order valence-corrected chi connectivity index (χ4v) is 3.76. The first kappa shape index (κ1) is 21.8. The molecule has 0 bridgehead atoms. The van der Waals surface area contributed by atoms with Gasteiger partial charge in [-0.05, 0) is 24.6 Å². The zero-order valence-corrected chi connectivity index (χ0v) is 16.6. The average molecular weight is 448 g/mol. The first-order chi connectivity index (χ1) is 14.6. The van der Waals surface area contributed by atoms with Crippen molar-refractivity contribution in [3.05, 3.63) is 29.5 Å². The summed E-state index contributed by atoms with van der Waals surface area (Å²) in [5.74, 6) is -4.35. The second-order valence-electron chi connectivity index (χ2n) is 7.61. The number of carbonyl (C=O) groups excluding carboxylic acids is 1. The van der Waals surface area contributed by atoms with Gasteiger partial charge in [-0.25, -0.2) is 8.78 Å². The van der Waals surface area contributed by atoms with Gasteiger partial charge in [-0.2, -0.15) is 13.2 Å². The minimum atomic E-state index is -4.64. The number of carbonyl (C=O) groups is 1. The summed E-state index contributed by atoms with van der Waals surface area (Å²) >= 11 is 0. The highest BCUT2D eigenvalue weighted by Crippen LogP contribution is 2.40. The number of amides is 1. The topological polar surface area (TPSA) is 63.9 Å². The Labute approximate surface area is 174 Å². The maximum atomic E-state index is 15.1. The van der Waals surface area contributed by atoms with E-state index in [1.807, 2.05) is 6.92 Å². The third-order valence-corrected chi connectivity index (χ3v) is 5.47. The molecule has 0 spiro atoms. The molecule has 2 aliphatic heterocycles. The lowest BCUT2D eigenvalue weighted by atomic mass is 10.1. The van der Waals surface area contributed by atoms with Crippen molar-refractivity contribution in [3.63, 3.8) is 0 Å². The third kappa shape index (κ3) is 4.20. The van der Waals surface area contributed by atoms with Gasteiger partial charge in [0, 0.05) is 18.5 Å². The van der Waals surface area contributed by atoms with Crippen LogP contribution in [0.3, 0.4) is 0 Å². The zero-order chi connectivity index (χ0) is 22.4. The Morgan fingerprint density at radius 2 is 1.94 bits per heavy atom. The van der Waals surface area contributed by atoms with E-state index >= 15 is 8.78 Å². The highest BCUT2D eigenvalue weighted by Gasteiger charge is 2.46. The SMILES string of the molecule is CC[C@H]1CO[C@@H](C(F)(F)CN2CCNC(=O)c3oc4ccc(C(F)(F)F)cc4c32)CO1. The Bertz CT molecular complexity index is 966. The molecular formula is C20H21F5N2O4. The summed E-state index contributed by atoms with van der Waals surface area (Å²) in [7, 11) is 0. The molecule has 0 aliphatic carbocycles. The van der Waals surface area contributed by atoms with Crippen LogP contribution in [-0.4, -0.2) is 56.9 Å². The van der Waals surface area contributed by atoms with Crippen molar-refractivity contribution in [2.45, 2.75) is 37.7 Å². The van der Waals surface area contributed by atoms with Gasteiger partial charge in [-0.3, -0.25) is 4.79 Å². The molecule has 1 N–H and O–H groups in total. The molecule has 1 aromatic carbocycles. The summed E-state index contributed by atoms with van der Waals surface area (Å²) in [6, 6.07) is 2.71. The van der Waals surface area contributed by atoms with Crippen LogP contribution in [0.15, 0.2) is 22.6 Å².